The van der Waals surface area contributed by atoms with Crippen molar-refractivity contribution in [2.45, 2.75) is 78.1 Å². The Morgan fingerprint density at radius 3 is 0.957 bits per heavy atom. The van der Waals surface area contributed by atoms with E-state index in [-0.39, 0.29) is 0 Å². The highest BCUT2D eigenvalue weighted by Gasteiger charge is 2.59. The second-order valence-electron chi connectivity index (χ2n) is 11.7. The highest BCUT2D eigenvalue weighted by molar-refractivity contribution is 5.08. The van der Waals surface area contributed by atoms with Gasteiger partial charge in [0.25, 0.3) is 0 Å². The number of rotatable bonds is 2. The van der Waals surface area contributed by atoms with Crippen molar-refractivity contribution in [1.82, 2.24) is 0 Å². The summed E-state index contributed by atoms with van der Waals surface area (Å²) in [6.45, 7) is 5.51. The zero-order valence-electron chi connectivity index (χ0n) is 15.3. The molecule has 0 aromatic heterocycles. The van der Waals surface area contributed by atoms with Gasteiger partial charge in [-0.1, -0.05) is 13.8 Å². The minimum atomic E-state index is 0.644. The van der Waals surface area contributed by atoms with Crippen LogP contribution < -0.4 is 0 Å². The molecular formula is C23H36. The maximum absolute atomic E-state index is 2.76. The van der Waals surface area contributed by atoms with Crippen molar-refractivity contribution in [3.63, 3.8) is 0 Å². The van der Waals surface area contributed by atoms with Gasteiger partial charge in [-0.2, -0.15) is 0 Å². The second kappa shape index (κ2) is 4.59. The molecule has 0 heterocycles. The molecule has 128 valence electrons. The van der Waals surface area contributed by atoms with Crippen LogP contribution in [0.4, 0.5) is 0 Å². The Morgan fingerprint density at radius 2 is 0.696 bits per heavy atom. The topological polar surface area (TPSA) is 0 Å². The summed E-state index contributed by atoms with van der Waals surface area (Å²) in [4.78, 5) is 0. The normalized spacial score (nSPS) is 59.7. The van der Waals surface area contributed by atoms with E-state index in [4.69, 9.17) is 0 Å². The van der Waals surface area contributed by atoms with E-state index in [1.54, 1.807) is 64.2 Å². The molecule has 0 amide bonds. The van der Waals surface area contributed by atoms with Crippen molar-refractivity contribution in [2.75, 3.05) is 0 Å². The molecule has 0 aliphatic heterocycles. The van der Waals surface area contributed by atoms with Gasteiger partial charge in [0.05, 0.1) is 0 Å². The SMILES string of the molecule is CC(C)(C1C2CC3CC(C2)CC1C3)C1C2CC3CC(C2)CC1C3. The Labute approximate surface area is 143 Å². The van der Waals surface area contributed by atoms with E-state index in [1.807, 2.05) is 0 Å². The molecule has 0 aromatic carbocycles. The minimum absolute atomic E-state index is 0.644. The first-order chi connectivity index (χ1) is 11.1. The van der Waals surface area contributed by atoms with Crippen LogP contribution in [-0.4, -0.2) is 0 Å². The molecule has 0 radical (unpaired) electrons. The van der Waals surface area contributed by atoms with Gasteiger partial charge in [0.1, 0.15) is 0 Å². The van der Waals surface area contributed by atoms with Crippen molar-refractivity contribution in [1.29, 1.82) is 0 Å². The van der Waals surface area contributed by atoms with Gasteiger partial charge in [0.15, 0.2) is 0 Å². The Morgan fingerprint density at radius 1 is 0.435 bits per heavy atom. The first-order valence-corrected chi connectivity index (χ1v) is 11.1. The molecule has 0 spiro atoms. The Kier molecular flexibility index (Phi) is 2.83. The third kappa shape index (κ3) is 1.90. The van der Waals surface area contributed by atoms with E-state index in [1.165, 1.54) is 0 Å². The van der Waals surface area contributed by atoms with E-state index < -0.39 is 0 Å². The maximum atomic E-state index is 2.76. The van der Waals surface area contributed by atoms with Crippen LogP contribution in [0.1, 0.15) is 78.1 Å². The second-order valence-corrected chi connectivity index (χ2v) is 11.7. The first kappa shape index (κ1) is 14.2. The predicted molar refractivity (Wildman–Crippen MR) is 94.9 cm³/mol. The summed E-state index contributed by atoms with van der Waals surface area (Å²) in [5.74, 6) is 11.3. The van der Waals surface area contributed by atoms with Crippen LogP contribution in [-0.2, 0) is 0 Å². The first-order valence-electron chi connectivity index (χ1n) is 11.1. The lowest BCUT2D eigenvalue weighted by Gasteiger charge is -2.65. The standard InChI is InChI=1S/C23H36/c1-23(2,21-17-5-13-3-14(7-17)8-18(21)6-13)22-19-9-15-4-16(11-19)12-20(22)10-15/h13-22H,3-12H2,1-2H3. The molecule has 0 unspecified atom stereocenters. The average molecular weight is 313 g/mol. The van der Waals surface area contributed by atoms with Crippen LogP contribution in [0.15, 0.2) is 0 Å². The number of hydrogen-bond donors (Lipinski definition) is 0. The van der Waals surface area contributed by atoms with Gasteiger partial charge in [0, 0.05) is 0 Å². The summed E-state index contributed by atoms with van der Waals surface area (Å²) in [6.07, 6.45) is 16.2. The third-order valence-corrected chi connectivity index (χ3v) is 10.2. The molecule has 0 atom stereocenters. The maximum Gasteiger partial charge on any atom is -0.0287 e. The molecule has 8 fully saturated rings. The Balaban J connectivity index is 1.33. The minimum Gasteiger partial charge on any atom is -0.0593 e. The molecule has 0 heteroatoms. The summed E-state index contributed by atoms with van der Waals surface area (Å²) < 4.78 is 0. The third-order valence-electron chi connectivity index (χ3n) is 10.2. The van der Waals surface area contributed by atoms with Crippen LogP contribution in [0.2, 0.25) is 0 Å². The quantitative estimate of drug-likeness (QED) is 0.573. The van der Waals surface area contributed by atoms with E-state index in [2.05, 4.69) is 13.8 Å². The molecular weight excluding hydrogens is 276 g/mol. The molecule has 8 aliphatic rings. The van der Waals surface area contributed by atoms with E-state index in [0.29, 0.717) is 5.41 Å². The summed E-state index contributed by atoms with van der Waals surface area (Å²) in [5.41, 5.74) is 0.644. The summed E-state index contributed by atoms with van der Waals surface area (Å²) in [5, 5.41) is 0. The van der Waals surface area contributed by atoms with Gasteiger partial charge in [-0.25, -0.2) is 0 Å². The predicted octanol–water partition coefficient (Wildman–Crippen LogP) is 6.16. The van der Waals surface area contributed by atoms with E-state index >= 15 is 0 Å². The zero-order valence-corrected chi connectivity index (χ0v) is 15.3. The lowest BCUT2D eigenvalue weighted by molar-refractivity contribution is -0.159. The van der Waals surface area contributed by atoms with Gasteiger partial charge in [-0.05, 0) is 129 Å². The van der Waals surface area contributed by atoms with Gasteiger partial charge >= 0.3 is 0 Å². The van der Waals surface area contributed by atoms with Crippen molar-refractivity contribution >= 4 is 0 Å². The smallest absolute Gasteiger partial charge is 0.0287 e. The lowest BCUT2D eigenvalue weighted by atomic mass is 9.40. The van der Waals surface area contributed by atoms with Crippen LogP contribution in [0.5, 0.6) is 0 Å². The van der Waals surface area contributed by atoms with E-state index in [0.717, 1.165) is 59.2 Å². The van der Waals surface area contributed by atoms with Gasteiger partial charge < -0.3 is 0 Å². The molecule has 0 N–H and O–H groups in total. The summed E-state index contributed by atoms with van der Waals surface area (Å²) in [7, 11) is 0. The number of hydrogen-bond acceptors (Lipinski definition) is 0. The van der Waals surface area contributed by atoms with Crippen LogP contribution in [0.3, 0.4) is 0 Å². The molecule has 8 saturated carbocycles. The van der Waals surface area contributed by atoms with Gasteiger partial charge in [-0.3, -0.25) is 0 Å². The lowest BCUT2D eigenvalue weighted by Crippen LogP contribution is -2.57. The van der Waals surface area contributed by atoms with Crippen LogP contribution >= 0.6 is 0 Å². The van der Waals surface area contributed by atoms with Crippen LogP contribution in [0, 0.1) is 64.6 Å². The Hall–Kier alpha value is 0. The molecule has 0 nitrogen and oxygen atoms in total. The molecule has 8 bridgehead atoms. The van der Waals surface area contributed by atoms with Crippen LogP contribution in [0.25, 0.3) is 0 Å². The highest BCUT2D eigenvalue weighted by Crippen LogP contribution is 2.67. The van der Waals surface area contributed by atoms with Gasteiger partial charge in [-0.15, -0.1) is 0 Å². The molecule has 8 rings (SSSR count). The van der Waals surface area contributed by atoms with Crippen molar-refractivity contribution in [2.24, 2.45) is 64.6 Å². The zero-order chi connectivity index (χ0) is 15.3. The summed E-state index contributed by atoms with van der Waals surface area (Å²) >= 11 is 0. The summed E-state index contributed by atoms with van der Waals surface area (Å²) in [6, 6.07) is 0. The molecule has 0 saturated heterocycles. The Bertz CT molecular complexity index is 400. The molecule has 23 heavy (non-hydrogen) atoms. The molecule has 0 aromatic rings. The van der Waals surface area contributed by atoms with Crippen molar-refractivity contribution in [3.05, 3.63) is 0 Å². The van der Waals surface area contributed by atoms with Crippen molar-refractivity contribution in [3.8, 4) is 0 Å². The van der Waals surface area contributed by atoms with Gasteiger partial charge in [0.2, 0.25) is 0 Å². The van der Waals surface area contributed by atoms with Crippen molar-refractivity contribution < 1.29 is 0 Å². The largest absolute Gasteiger partial charge is 0.0593 e. The fourth-order valence-corrected chi connectivity index (χ4v) is 10.5. The monoisotopic (exact) mass is 312 g/mol. The van der Waals surface area contributed by atoms with E-state index in [9.17, 15) is 0 Å². The molecule has 8 aliphatic carbocycles. The fourth-order valence-electron chi connectivity index (χ4n) is 10.5. The average Bonchev–Trinajstić information content (AvgIpc) is 2.43. The fraction of sp³-hybridized carbons (Fsp3) is 1.00. The highest BCUT2D eigenvalue weighted by atomic mass is 14.6.